The molecular formula is C9H11ClN2O3S2. The van der Waals surface area contributed by atoms with Crippen molar-refractivity contribution in [3.8, 4) is 5.75 Å². The van der Waals surface area contributed by atoms with Gasteiger partial charge >= 0.3 is 0 Å². The van der Waals surface area contributed by atoms with Gasteiger partial charge in [-0.1, -0.05) is 23.8 Å². The fraction of sp³-hybridized carbons (Fsp3) is 0.222. The second kappa shape index (κ2) is 5.52. The summed E-state index contributed by atoms with van der Waals surface area (Å²) in [5.74, 6) is -0.0706. The highest BCUT2D eigenvalue weighted by atomic mass is 35.5. The smallest absolute Gasteiger partial charge is 0.239 e. The molecule has 0 atom stereocenters. The Hall–Kier alpha value is -1.05. The van der Waals surface area contributed by atoms with Crippen LogP contribution in [0.3, 0.4) is 0 Å². The fourth-order valence-corrected chi connectivity index (χ4v) is 2.73. The van der Waals surface area contributed by atoms with E-state index in [2.05, 4.69) is 16.9 Å². The van der Waals surface area contributed by atoms with Crippen LogP contribution >= 0.6 is 23.8 Å². The summed E-state index contributed by atoms with van der Waals surface area (Å²) < 4.78 is 30.5. The Morgan fingerprint density at radius 3 is 2.76 bits per heavy atom. The van der Waals surface area contributed by atoms with Gasteiger partial charge in [-0.25, -0.2) is 8.42 Å². The Labute approximate surface area is 110 Å². The second-order valence-electron chi connectivity index (χ2n) is 3.17. The van der Waals surface area contributed by atoms with Crippen LogP contribution in [-0.4, -0.2) is 26.3 Å². The average molecular weight is 295 g/mol. The van der Waals surface area contributed by atoms with Crippen molar-refractivity contribution in [1.29, 1.82) is 0 Å². The molecule has 0 aromatic heterocycles. The molecule has 0 saturated carbocycles. The zero-order chi connectivity index (χ0) is 13.1. The van der Waals surface area contributed by atoms with Gasteiger partial charge in [0.1, 0.15) is 11.5 Å². The van der Waals surface area contributed by atoms with Crippen molar-refractivity contribution >= 4 is 44.5 Å². The highest BCUT2D eigenvalue weighted by Gasteiger charge is 2.15. The number of methoxy groups -OCH3 is 1. The van der Waals surface area contributed by atoms with Crippen LogP contribution in [0.4, 0.5) is 5.69 Å². The van der Waals surface area contributed by atoms with Gasteiger partial charge in [0.05, 0.1) is 17.8 Å². The van der Waals surface area contributed by atoms with Crippen LogP contribution in [0.5, 0.6) is 5.75 Å². The summed E-state index contributed by atoms with van der Waals surface area (Å²) in [6.07, 6.45) is 0. The lowest BCUT2D eigenvalue weighted by Gasteiger charge is -2.11. The molecule has 0 spiro atoms. The fourth-order valence-electron chi connectivity index (χ4n) is 1.15. The molecule has 8 heteroatoms. The molecule has 1 aromatic carbocycles. The first kappa shape index (κ1) is 14.0. The van der Waals surface area contributed by atoms with Crippen LogP contribution in [0.25, 0.3) is 0 Å². The number of nitrogens with one attached hydrogen (secondary N) is 1. The summed E-state index contributed by atoms with van der Waals surface area (Å²) in [4.78, 5) is -0.113. The third-order valence-corrected chi connectivity index (χ3v) is 3.54. The van der Waals surface area contributed by atoms with E-state index in [-0.39, 0.29) is 10.7 Å². The SMILES string of the molecule is COc1ccc(Cl)cc1NS(=O)(=O)CC(N)=S. The topological polar surface area (TPSA) is 81.4 Å². The van der Waals surface area contributed by atoms with E-state index < -0.39 is 15.8 Å². The van der Waals surface area contributed by atoms with Gasteiger partial charge in [-0.3, -0.25) is 4.72 Å². The van der Waals surface area contributed by atoms with Crippen LogP contribution in [0.2, 0.25) is 5.02 Å². The van der Waals surface area contributed by atoms with Gasteiger partial charge in [0, 0.05) is 5.02 Å². The van der Waals surface area contributed by atoms with Crippen LogP contribution in [-0.2, 0) is 10.0 Å². The first-order chi connectivity index (χ1) is 7.84. The minimum atomic E-state index is -3.64. The van der Waals surface area contributed by atoms with E-state index in [4.69, 9.17) is 22.1 Å². The highest BCUT2D eigenvalue weighted by molar-refractivity contribution is 7.95. The maximum absolute atomic E-state index is 11.6. The molecule has 1 rings (SSSR count). The number of sulfonamides is 1. The average Bonchev–Trinajstić information content (AvgIpc) is 2.14. The lowest BCUT2D eigenvalue weighted by Crippen LogP contribution is -2.26. The molecule has 5 nitrogen and oxygen atoms in total. The molecule has 17 heavy (non-hydrogen) atoms. The summed E-state index contributed by atoms with van der Waals surface area (Å²) in [7, 11) is -2.21. The minimum absolute atomic E-state index is 0.113. The van der Waals surface area contributed by atoms with Crippen LogP contribution in [0.1, 0.15) is 0 Å². The second-order valence-corrected chi connectivity index (χ2v) is 5.86. The van der Waals surface area contributed by atoms with Gasteiger partial charge in [0.25, 0.3) is 0 Å². The summed E-state index contributed by atoms with van der Waals surface area (Å²) >= 11 is 10.3. The van der Waals surface area contributed by atoms with Gasteiger partial charge in [0.15, 0.2) is 0 Å². The predicted molar refractivity (Wildman–Crippen MR) is 72.2 cm³/mol. The van der Waals surface area contributed by atoms with Crippen molar-refractivity contribution in [3.05, 3.63) is 23.2 Å². The minimum Gasteiger partial charge on any atom is -0.495 e. The molecule has 94 valence electrons. The molecule has 1 aromatic rings. The first-order valence-corrected chi connectivity index (χ1v) is 6.90. The zero-order valence-corrected chi connectivity index (χ0v) is 11.3. The third kappa shape index (κ3) is 4.37. The van der Waals surface area contributed by atoms with E-state index >= 15 is 0 Å². The monoisotopic (exact) mass is 294 g/mol. The van der Waals surface area contributed by atoms with Crippen molar-refractivity contribution in [2.24, 2.45) is 5.73 Å². The van der Waals surface area contributed by atoms with Gasteiger partial charge in [0.2, 0.25) is 10.0 Å². The molecule has 0 saturated heterocycles. The van der Waals surface area contributed by atoms with E-state index in [0.29, 0.717) is 10.8 Å². The molecule has 0 aliphatic heterocycles. The maximum Gasteiger partial charge on any atom is 0.239 e. The highest BCUT2D eigenvalue weighted by Crippen LogP contribution is 2.28. The van der Waals surface area contributed by atoms with Crippen molar-refractivity contribution < 1.29 is 13.2 Å². The molecular weight excluding hydrogens is 284 g/mol. The molecule has 0 fully saturated rings. The quantitative estimate of drug-likeness (QED) is 0.802. The molecule has 0 heterocycles. The van der Waals surface area contributed by atoms with Crippen molar-refractivity contribution in [2.45, 2.75) is 0 Å². The number of hydrogen-bond donors (Lipinski definition) is 2. The number of benzene rings is 1. The lowest BCUT2D eigenvalue weighted by atomic mass is 10.3. The largest absolute Gasteiger partial charge is 0.495 e. The third-order valence-electron chi connectivity index (χ3n) is 1.76. The Morgan fingerprint density at radius 1 is 1.59 bits per heavy atom. The number of ether oxygens (including phenoxy) is 1. The van der Waals surface area contributed by atoms with Crippen LogP contribution in [0.15, 0.2) is 18.2 Å². The van der Waals surface area contributed by atoms with Crippen molar-refractivity contribution in [3.63, 3.8) is 0 Å². The molecule has 0 unspecified atom stereocenters. The van der Waals surface area contributed by atoms with Gasteiger partial charge < -0.3 is 10.5 Å². The summed E-state index contributed by atoms with van der Waals surface area (Å²) in [6.45, 7) is 0. The van der Waals surface area contributed by atoms with Crippen molar-refractivity contribution in [1.82, 2.24) is 0 Å². The maximum atomic E-state index is 11.6. The van der Waals surface area contributed by atoms with Gasteiger partial charge in [-0.2, -0.15) is 0 Å². The first-order valence-electron chi connectivity index (χ1n) is 4.46. The number of nitrogens with two attached hydrogens (primary N) is 1. The number of hydrogen-bond acceptors (Lipinski definition) is 4. The summed E-state index contributed by atoms with van der Waals surface area (Å²) in [5, 5.41) is 0.388. The molecule has 0 radical (unpaired) electrons. The Bertz CT molecular complexity index is 531. The standard InChI is InChI=1S/C9H11ClN2O3S2/c1-15-8-3-2-6(10)4-7(8)12-17(13,14)5-9(11)16/h2-4,12H,5H2,1H3,(H2,11,16). The Morgan fingerprint density at radius 2 is 2.24 bits per heavy atom. The van der Waals surface area contributed by atoms with Gasteiger partial charge in [-0.15, -0.1) is 0 Å². The predicted octanol–water partition coefficient (Wildman–Crippen LogP) is 1.38. The molecule has 0 bridgehead atoms. The Kier molecular flexibility index (Phi) is 4.55. The Balaban J connectivity index is 3.02. The van der Waals surface area contributed by atoms with E-state index in [0.717, 1.165) is 0 Å². The van der Waals surface area contributed by atoms with E-state index in [1.165, 1.54) is 13.2 Å². The summed E-state index contributed by atoms with van der Waals surface area (Å²) in [6, 6.07) is 4.59. The number of thiocarbonyl (C=S) groups is 1. The van der Waals surface area contributed by atoms with E-state index in [9.17, 15) is 8.42 Å². The van der Waals surface area contributed by atoms with Crippen molar-refractivity contribution in [2.75, 3.05) is 17.6 Å². The number of anilines is 1. The number of rotatable bonds is 5. The normalized spacial score (nSPS) is 10.9. The number of halogens is 1. The molecule has 0 aliphatic carbocycles. The van der Waals surface area contributed by atoms with Crippen LogP contribution in [0, 0.1) is 0 Å². The van der Waals surface area contributed by atoms with E-state index in [1.807, 2.05) is 0 Å². The van der Waals surface area contributed by atoms with Crippen LogP contribution < -0.4 is 15.2 Å². The van der Waals surface area contributed by atoms with E-state index in [1.54, 1.807) is 12.1 Å². The van der Waals surface area contributed by atoms with Gasteiger partial charge in [-0.05, 0) is 18.2 Å². The summed E-state index contributed by atoms with van der Waals surface area (Å²) in [5.41, 5.74) is 5.43. The molecule has 0 aliphatic rings. The lowest BCUT2D eigenvalue weighted by molar-refractivity contribution is 0.417. The molecule has 0 amide bonds. The molecule has 3 N–H and O–H groups in total. The zero-order valence-electron chi connectivity index (χ0n) is 8.94.